The fourth-order valence-corrected chi connectivity index (χ4v) is 4.40. The first-order chi connectivity index (χ1) is 16.2. The van der Waals surface area contributed by atoms with Gasteiger partial charge in [-0.15, -0.1) is 0 Å². The molecule has 1 atom stereocenters. The normalized spacial score (nSPS) is 13.1. The van der Waals surface area contributed by atoms with Crippen LogP contribution in [-0.4, -0.2) is 31.3 Å². The zero-order valence-electron chi connectivity index (χ0n) is 23.9. The third kappa shape index (κ3) is 23.6. The summed E-state index contributed by atoms with van der Waals surface area (Å²) >= 11 is 0. The van der Waals surface area contributed by atoms with E-state index in [1.807, 2.05) is 0 Å². The Bertz CT molecular complexity index is 364. The van der Waals surface area contributed by atoms with E-state index in [0.717, 1.165) is 45.3 Å². The predicted molar refractivity (Wildman–Crippen MR) is 148 cm³/mol. The molecule has 0 aromatic heterocycles. The van der Waals surface area contributed by atoms with Crippen molar-refractivity contribution in [3.8, 4) is 0 Å². The Labute approximate surface area is 214 Å². The van der Waals surface area contributed by atoms with Crippen LogP contribution < -0.4 is 0 Å². The molecule has 0 amide bonds. The molecule has 0 aromatic carbocycles. The maximum atomic E-state index is 6.29. The number of hydrogen-bond donors (Lipinski definition) is 0. The molecule has 0 spiro atoms. The largest absolute Gasteiger partial charge is 0.412 e. The Morgan fingerprint density at radius 3 is 1.15 bits per heavy atom. The van der Waals surface area contributed by atoms with E-state index in [1.165, 1.54) is 109 Å². The molecule has 0 heterocycles. The van der Waals surface area contributed by atoms with Gasteiger partial charge in [0.1, 0.15) is 0 Å². The summed E-state index contributed by atoms with van der Waals surface area (Å²) in [5.41, 5.74) is 0. The van der Waals surface area contributed by atoms with Crippen LogP contribution in [0.2, 0.25) is 0 Å². The topological polar surface area (TPSA) is 59.2 Å². The van der Waals surface area contributed by atoms with E-state index in [4.69, 9.17) is 14.2 Å². The first-order valence-corrected chi connectivity index (χ1v) is 15.2. The Hall–Kier alpha value is -0.160. The molecule has 4 heteroatoms. The fourth-order valence-electron chi connectivity index (χ4n) is 4.40. The van der Waals surface area contributed by atoms with Crippen LogP contribution in [0.4, 0.5) is 0 Å². The first-order valence-electron chi connectivity index (χ1n) is 15.2. The van der Waals surface area contributed by atoms with Crippen molar-refractivity contribution in [3.63, 3.8) is 0 Å². The van der Waals surface area contributed by atoms with E-state index in [2.05, 4.69) is 27.7 Å². The Balaban J connectivity index is 0. The molecular formula is C30H64O4. The lowest BCUT2D eigenvalue weighted by atomic mass is 10.0. The smallest absolute Gasteiger partial charge is 0.282 e. The summed E-state index contributed by atoms with van der Waals surface area (Å²) in [5.74, 6) is -0.814. The van der Waals surface area contributed by atoms with Crippen LogP contribution in [-0.2, 0) is 14.2 Å². The molecule has 0 saturated carbocycles. The van der Waals surface area contributed by atoms with Gasteiger partial charge in [0, 0.05) is 13.0 Å². The van der Waals surface area contributed by atoms with Gasteiger partial charge in [-0.05, 0) is 26.2 Å². The molecule has 0 rings (SSSR count). The van der Waals surface area contributed by atoms with Gasteiger partial charge >= 0.3 is 0 Å². The van der Waals surface area contributed by atoms with E-state index < -0.39 is 5.97 Å². The highest BCUT2D eigenvalue weighted by Crippen LogP contribution is 2.25. The van der Waals surface area contributed by atoms with Gasteiger partial charge in [-0.2, -0.15) is 0 Å². The molecule has 0 aromatic rings. The fraction of sp³-hybridized carbons (Fsp3) is 1.00. The molecule has 4 nitrogen and oxygen atoms in total. The summed E-state index contributed by atoms with van der Waals surface area (Å²) in [6.45, 7) is 10.9. The Morgan fingerprint density at radius 1 is 0.382 bits per heavy atom. The summed E-state index contributed by atoms with van der Waals surface area (Å²) in [6.07, 6.45) is 28.5. The summed E-state index contributed by atoms with van der Waals surface area (Å²) in [5, 5.41) is 0. The molecule has 34 heavy (non-hydrogen) atoms. The molecule has 2 N–H and O–H groups in total. The zero-order valence-corrected chi connectivity index (χ0v) is 23.9. The lowest BCUT2D eigenvalue weighted by Gasteiger charge is -2.33. The van der Waals surface area contributed by atoms with Crippen molar-refractivity contribution >= 4 is 0 Å². The van der Waals surface area contributed by atoms with Crippen molar-refractivity contribution in [2.45, 2.75) is 175 Å². The minimum absolute atomic E-state index is 0. The van der Waals surface area contributed by atoms with Gasteiger partial charge in [0.25, 0.3) is 5.97 Å². The average Bonchev–Trinajstić information content (AvgIpc) is 2.82. The lowest BCUT2D eigenvalue weighted by molar-refractivity contribution is -0.383. The molecule has 0 saturated heterocycles. The molecule has 0 aliphatic carbocycles. The monoisotopic (exact) mass is 488 g/mol. The molecular weight excluding hydrogens is 424 g/mol. The molecule has 208 valence electrons. The van der Waals surface area contributed by atoms with Crippen molar-refractivity contribution in [2.24, 2.45) is 0 Å². The van der Waals surface area contributed by atoms with Crippen LogP contribution in [0.1, 0.15) is 169 Å². The average molecular weight is 489 g/mol. The Morgan fingerprint density at radius 2 is 0.735 bits per heavy atom. The molecule has 1 unspecified atom stereocenters. The molecule has 0 bridgehead atoms. The van der Waals surface area contributed by atoms with Crippen LogP contribution in [0, 0.1) is 0 Å². The van der Waals surface area contributed by atoms with E-state index in [1.54, 1.807) is 0 Å². The molecule has 0 aliphatic rings. The van der Waals surface area contributed by atoms with Gasteiger partial charge in [-0.3, -0.25) is 0 Å². The number of hydrogen-bond acceptors (Lipinski definition) is 3. The van der Waals surface area contributed by atoms with Crippen molar-refractivity contribution in [2.75, 3.05) is 19.8 Å². The number of rotatable bonds is 28. The highest BCUT2D eigenvalue weighted by Gasteiger charge is 2.32. The van der Waals surface area contributed by atoms with Crippen molar-refractivity contribution in [1.82, 2.24) is 0 Å². The van der Waals surface area contributed by atoms with Gasteiger partial charge in [-0.1, -0.05) is 136 Å². The highest BCUT2D eigenvalue weighted by molar-refractivity contribution is 4.61. The van der Waals surface area contributed by atoms with Gasteiger partial charge in [0.15, 0.2) is 0 Å². The van der Waals surface area contributed by atoms with Crippen LogP contribution in [0.3, 0.4) is 0 Å². The molecule has 0 fully saturated rings. The van der Waals surface area contributed by atoms with Crippen LogP contribution >= 0.6 is 0 Å². The third-order valence-corrected chi connectivity index (χ3v) is 6.59. The lowest BCUT2D eigenvalue weighted by Crippen LogP contribution is -2.40. The predicted octanol–water partition coefficient (Wildman–Crippen LogP) is 9.53. The van der Waals surface area contributed by atoms with Gasteiger partial charge < -0.3 is 19.7 Å². The van der Waals surface area contributed by atoms with Crippen LogP contribution in [0.5, 0.6) is 0 Å². The van der Waals surface area contributed by atoms with Crippen LogP contribution in [0.25, 0.3) is 0 Å². The second kappa shape index (κ2) is 29.1. The van der Waals surface area contributed by atoms with E-state index in [-0.39, 0.29) is 5.48 Å². The van der Waals surface area contributed by atoms with Crippen LogP contribution in [0.15, 0.2) is 0 Å². The second-order valence-electron chi connectivity index (χ2n) is 9.93. The van der Waals surface area contributed by atoms with Gasteiger partial charge in [0.2, 0.25) is 0 Å². The summed E-state index contributed by atoms with van der Waals surface area (Å²) < 4.78 is 18.6. The highest BCUT2D eigenvalue weighted by atomic mass is 16.9. The minimum atomic E-state index is -0.814. The SMILES string of the molecule is CCCCCCCCCCCCCCCC(OCC)(OCCCC)OCCCCCCCC.O. The van der Waals surface area contributed by atoms with Crippen molar-refractivity contribution in [1.29, 1.82) is 0 Å². The van der Waals surface area contributed by atoms with Gasteiger partial charge in [-0.25, -0.2) is 0 Å². The maximum absolute atomic E-state index is 6.29. The van der Waals surface area contributed by atoms with E-state index >= 15 is 0 Å². The van der Waals surface area contributed by atoms with Crippen molar-refractivity contribution in [3.05, 3.63) is 0 Å². The zero-order chi connectivity index (χ0) is 24.3. The standard InChI is InChI=1S/C30H62O3.H2O/c1-5-9-12-14-16-17-18-19-20-21-22-23-25-27-30(31-8-4,32-28-11-7-3)33-29-26-24-15-13-10-6-2;/h5-29H2,1-4H3;1H2. The summed E-state index contributed by atoms with van der Waals surface area (Å²) in [6, 6.07) is 0. The molecule has 0 aliphatic heterocycles. The maximum Gasteiger partial charge on any atom is 0.282 e. The van der Waals surface area contributed by atoms with Gasteiger partial charge in [0.05, 0.1) is 13.2 Å². The third-order valence-electron chi connectivity index (χ3n) is 6.59. The Kier molecular flexibility index (Phi) is 30.8. The number of unbranched alkanes of at least 4 members (excludes halogenated alkanes) is 18. The number of ether oxygens (including phenoxy) is 3. The summed E-state index contributed by atoms with van der Waals surface area (Å²) in [4.78, 5) is 0. The van der Waals surface area contributed by atoms with E-state index in [0.29, 0.717) is 6.61 Å². The first kappa shape index (κ1) is 36.0. The summed E-state index contributed by atoms with van der Waals surface area (Å²) in [7, 11) is 0. The molecule has 0 radical (unpaired) electrons. The second-order valence-corrected chi connectivity index (χ2v) is 9.93. The van der Waals surface area contributed by atoms with Crippen molar-refractivity contribution < 1.29 is 19.7 Å². The van der Waals surface area contributed by atoms with E-state index in [9.17, 15) is 0 Å². The quantitative estimate of drug-likeness (QED) is 0.0813. The minimum Gasteiger partial charge on any atom is -0.412 e.